The Bertz CT molecular complexity index is 797. The maximum atomic E-state index is 13.2. The minimum absolute atomic E-state index is 0.159. The molecule has 0 aliphatic rings. The van der Waals surface area contributed by atoms with Crippen molar-refractivity contribution in [3.8, 4) is 5.75 Å². The second-order valence-electron chi connectivity index (χ2n) is 6.62. The molecule has 1 unspecified atom stereocenters. The number of ether oxygens (including phenoxy) is 1. The number of amides is 2. The van der Waals surface area contributed by atoms with Crippen LogP contribution in [-0.2, 0) is 16.1 Å². The summed E-state index contributed by atoms with van der Waals surface area (Å²) in [6.45, 7) is 4.60. The lowest BCUT2D eigenvalue weighted by atomic mass is 10.1. The van der Waals surface area contributed by atoms with E-state index < -0.39 is 6.04 Å². The summed E-state index contributed by atoms with van der Waals surface area (Å²) < 4.78 is 18.8. The molecule has 156 valence electrons. The summed E-state index contributed by atoms with van der Waals surface area (Å²) in [7, 11) is 0. The highest BCUT2D eigenvalue weighted by Crippen LogP contribution is 2.16. The van der Waals surface area contributed by atoms with Gasteiger partial charge in [0, 0.05) is 24.5 Å². The third kappa shape index (κ3) is 7.38. The van der Waals surface area contributed by atoms with Gasteiger partial charge in [-0.1, -0.05) is 23.7 Å². The van der Waals surface area contributed by atoms with Crippen molar-refractivity contribution in [3.63, 3.8) is 0 Å². The highest BCUT2D eigenvalue weighted by atomic mass is 35.5. The summed E-state index contributed by atoms with van der Waals surface area (Å²) in [5.41, 5.74) is 0.758. The molecular formula is C22H26ClFN2O3. The zero-order valence-corrected chi connectivity index (χ0v) is 17.4. The van der Waals surface area contributed by atoms with E-state index in [9.17, 15) is 14.0 Å². The molecule has 29 heavy (non-hydrogen) atoms. The predicted octanol–water partition coefficient (Wildman–Crippen LogP) is 4.19. The molecule has 0 aromatic heterocycles. The summed E-state index contributed by atoms with van der Waals surface area (Å²) in [6, 6.07) is 12.3. The Morgan fingerprint density at radius 1 is 1.14 bits per heavy atom. The zero-order valence-electron chi connectivity index (χ0n) is 16.7. The number of likely N-dealkylation sites (N-methyl/N-ethyl adjacent to an activating group) is 1. The van der Waals surface area contributed by atoms with Crippen LogP contribution in [0.5, 0.6) is 5.75 Å². The van der Waals surface area contributed by atoms with Gasteiger partial charge in [0.05, 0.1) is 6.61 Å². The molecular weight excluding hydrogens is 395 g/mol. The smallest absolute Gasteiger partial charge is 0.242 e. The summed E-state index contributed by atoms with van der Waals surface area (Å²) in [5.74, 6) is -0.0448. The average Bonchev–Trinajstić information content (AvgIpc) is 2.71. The van der Waals surface area contributed by atoms with Crippen LogP contribution in [0.15, 0.2) is 48.5 Å². The van der Waals surface area contributed by atoms with E-state index in [1.54, 1.807) is 43.3 Å². The molecule has 0 spiro atoms. The van der Waals surface area contributed by atoms with Gasteiger partial charge in [-0.25, -0.2) is 4.39 Å². The fraction of sp³-hybridized carbons (Fsp3) is 0.364. The van der Waals surface area contributed by atoms with E-state index in [0.717, 1.165) is 5.56 Å². The Hall–Kier alpha value is -2.60. The van der Waals surface area contributed by atoms with Crippen LogP contribution >= 0.6 is 11.6 Å². The predicted molar refractivity (Wildman–Crippen MR) is 111 cm³/mol. The molecule has 2 aromatic rings. The van der Waals surface area contributed by atoms with Crippen molar-refractivity contribution < 1.29 is 18.7 Å². The standard InChI is InChI=1S/C22H26ClFN2O3/c1-3-25-22(28)16(2)26(15-17-6-10-19(24)11-7-17)21(27)5-4-14-29-20-12-8-18(23)9-13-20/h6-13,16H,3-5,14-15H2,1-2H3,(H,25,28). The van der Waals surface area contributed by atoms with Gasteiger partial charge in [0.25, 0.3) is 0 Å². The van der Waals surface area contributed by atoms with E-state index in [2.05, 4.69) is 5.32 Å². The Balaban J connectivity index is 1.96. The lowest BCUT2D eigenvalue weighted by Crippen LogP contribution is -2.47. The molecule has 0 heterocycles. The topological polar surface area (TPSA) is 58.6 Å². The van der Waals surface area contributed by atoms with Crippen molar-refractivity contribution in [1.82, 2.24) is 10.2 Å². The molecule has 1 N–H and O–H groups in total. The fourth-order valence-electron chi connectivity index (χ4n) is 2.78. The Kier molecular flexibility index (Phi) is 8.93. The van der Waals surface area contributed by atoms with Crippen LogP contribution in [0.2, 0.25) is 5.02 Å². The van der Waals surface area contributed by atoms with E-state index in [1.807, 2.05) is 6.92 Å². The Labute approximate surface area is 175 Å². The molecule has 0 saturated heterocycles. The number of nitrogens with zero attached hydrogens (tertiary/aromatic N) is 1. The largest absolute Gasteiger partial charge is 0.494 e. The number of hydrogen-bond acceptors (Lipinski definition) is 3. The molecule has 0 saturated carbocycles. The lowest BCUT2D eigenvalue weighted by Gasteiger charge is -2.28. The lowest BCUT2D eigenvalue weighted by molar-refractivity contribution is -0.140. The van der Waals surface area contributed by atoms with Crippen LogP contribution in [0, 0.1) is 5.82 Å². The van der Waals surface area contributed by atoms with Gasteiger partial charge in [0.1, 0.15) is 17.6 Å². The third-order valence-corrected chi connectivity index (χ3v) is 4.65. The van der Waals surface area contributed by atoms with Crippen LogP contribution in [-0.4, -0.2) is 35.9 Å². The molecule has 7 heteroatoms. The monoisotopic (exact) mass is 420 g/mol. The van der Waals surface area contributed by atoms with Crippen molar-refractivity contribution in [2.24, 2.45) is 0 Å². The van der Waals surface area contributed by atoms with E-state index in [-0.39, 0.29) is 30.6 Å². The summed E-state index contributed by atoms with van der Waals surface area (Å²) in [4.78, 5) is 26.6. The molecule has 0 aliphatic heterocycles. The quantitative estimate of drug-likeness (QED) is 0.586. The average molecular weight is 421 g/mol. The van der Waals surface area contributed by atoms with Gasteiger partial charge in [-0.05, 0) is 62.2 Å². The minimum Gasteiger partial charge on any atom is -0.494 e. The minimum atomic E-state index is -0.635. The van der Waals surface area contributed by atoms with Crippen LogP contribution < -0.4 is 10.1 Å². The Morgan fingerprint density at radius 2 is 1.79 bits per heavy atom. The van der Waals surface area contributed by atoms with E-state index in [1.165, 1.54) is 17.0 Å². The number of hydrogen-bond donors (Lipinski definition) is 1. The van der Waals surface area contributed by atoms with Crippen LogP contribution in [0.25, 0.3) is 0 Å². The van der Waals surface area contributed by atoms with Crippen molar-refractivity contribution >= 4 is 23.4 Å². The molecule has 0 aliphatic carbocycles. The van der Waals surface area contributed by atoms with Gasteiger partial charge in [-0.15, -0.1) is 0 Å². The molecule has 5 nitrogen and oxygen atoms in total. The summed E-state index contributed by atoms with van der Waals surface area (Å²) in [6.07, 6.45) is 0.738. The van der Waals surface area contributed by atoms with Crippen LogP contribution in [0.1, 0.15) is 32.3 Å². The first-order chi connectivity index (χ1) is 13.9. The van der Waals surface area contributed by atoms with Gasteiger partial charge in [0.2, 0.25) is 11.8 Å². The molecule has 0 fully saturated rings. The number of benzene rings is 2. The van der Waals surface area contributed by atoms with Crippen LogP contribution in [0.3, 0.4) is 0 Å². The molecule has 2 aromatic carbocycles. The molecule has 0 bridgehead atoms. The van der Waals surface area contributed by atoms with Gasteiger partial charge in [-0.3, -0.25) is 9.59 Å². The van der Waals surface area contributed by atoms with Crippen molar-refractivity contribution in [2.75, 3.05) is 13.2 Å². The molecule has 2 rings (SSSR count). The zero-order chi connectivity index (χ0) is 21.2. The van der Waals surface area contributed by atoms with Gasteiger partial charge < -0.3 is 15.0 Å². The maximum Gasteiger partial charge on any atom is 0.242 e. The molecule has 1 atom stereocenters. The van der Waals surface area contributed by atoms with Gasteiger partial charge >= 0.3 is 0 Å². The van der Waals surface area contributed by atoms with E-state index >= 15 is 0 Å². The molecule has 0 radical (unpaired) electrons. The van der Waals surface area contributed by atoms with Crippen molar-refractivity contribution in [3.05, 3.63) is 64.9 Å². The maximum absolute atomic E-state index is 13.2. The molecule has 2 amide bonds. The number of carbonyl (C=O) groups is 2. The Morgan fingerprint density at radius 3 is 2.41 bits per heavy atom. The summed E-state index contributed by atoms with van der Waals surface area (Å²) >= 11 is 5.84. The third-order valence-electron chi connectivity index (χ3n) is 4.40. The van der Waals surface area contributed by atoms with Crippen molar-refractivity contribution in [1.29, 1.82) is 0 Å². The second-order valence-corrected chi connectivity index (χ2v) is 7.06. The van der Waals surface area contributed by atoms with Crippen molar-refractivity contribution in [2.45, 2.75) is 39.3 Å². The highest BCUT2D eigenvalue weighted by Gasteiger charge is 2.25. The number of rotatable bonds is 10. The van der Waals surface area contributed by atoms with E-state index in [4.69, 9.17) is 16.3 Å². The number of carbonyl (C=O) groups excluding carboxylic acids is 2. The highest BCUT2D eigenvalue weighted by molar-refractivity contribution is 6.30. The first-order valence-electron chi connectivity index (χ1n) is 9.60. The second kappa shape index (κ2) is 11.4. The number of halogens is 2. The van der Waals surface area contributed by atoms with Gasteiger partial charge in [-0.2, -0.15) is 0 Å². The SMILES string of the molecule is CCNC(=O)C(C)N(Cc1ccc(F)cc1)C(=O)CCCOc1ccc(Cl)cc1. The number of nitrogens with one attached hydrogen (secondary N) is 1. The normalized spacial score (nSPS) is 11.6. The summed E-state index contributed by atoms with van der Waals surface area (Å²) in [5, 5.41) is 3.37. The first kappa shape index (κ1) is 22.7. The fourth-order valence-corrected chi connectivity index (χ4v) is 2.90. The first-order valence-corrected chi connectivity index (χ1v) is 9.98. The van der Waals surface area contributed by atoms with Crippen LogP contribution in [0.4, 0.5) is 4.39 Å². The van der Waals surface area contributed by atoms with E-state index in [0.29, 0.717) is 30.3 Å². The van der Waals surface area contributed by atoms with Gasteiger partial charge in [0.15, 0.2) is 0 Å².